The normalized spacial score (nSPS) is 33.6. The Morgan fingerprint density at radius 3 is 1.13 bits per heavy atom. The number of hydrazine groups is 4. The second kappa shape index (κ2) is 31.4. The van der Waals surface area contributed by atoms with E-state index in [1.54, 1.807) is 27.7 Å². The number of rotatable bonds is 10. The molecule has 16 N–H and O–H groups in total. The van der Waals surface area contributed by atoms with E-state index in [0.717, 1.165) is 29.8 Å². The Bertz CT molecular complexity index is 3900. The summed E-state index contributed by atoms with van der Waals surface area (Å²) in [6.07, 6.45) is -5.23. The molecular weight excluding hydrogens is 1440 g/mol. The smallest absolute Gasteiger partial charge is 0.261 e. The molecule has 0 spiro atoms. The van der Waals surface area contributed by atoms with E-state index in [2.05, 4.69) is 64.2 Å². The molecular formula is C69H96Cl2N18O18. The lowest BCUT2D eigenvalue weighted by Crippen LogP contribution is -2.69. The van der Waals surface area contributed by atoms with Gasteiger partial charge in [-0.1, -0.05) is 57.3 Å². The highest BCUT2D eigenvalue weighted by Crippen LogP contribution is 2.55. The third kappa shape index (κ3) is 14.4. The van der Waals surface area contributed by atoms with Crippen LogP contribution in [0, 0.1) is 11.8 Å². The second-order valence-electron chi connectivity index (χ2n) is 29.8. The molecule has 12 amide bonds. The Morgan fingerprint density at radius 1 is 0.439 bits per heavy atom. The van der Waals surface area contributed by atoms with Crippen molar-refractivity contribution in [3.63, 3.8) is 0 Å². The number of benzene rings is 2. The average Bonchev–Trinajstić information content (AvgIpc) is 1.55. The quantitative estimate of drug-likeness (QED) is 0.109. The summed E-state index contributed by atoms with van der Waals surface area (Å²) >= 11 is 14.5. The van der Waals surface area contributed by atoms with Gasteiger partial charge in [0.25, 0.3) is 23.6 Å². The van der Waals surface area contributed by atoms with E-state index in [9.17, 15) is 49.2 Å². The molecule has 4 unspecified atom stereocenters. The van der Waals surface area contributed by atoms with Crippen molar-refractivity contribution in [3.05, 3.63) is 45.4 Å². The molecule has 2 aromatic rings. The minimum atomic E-state index is -2.30. The van der Waals surface area contributed by atoms with Gasteiger partial charge in [0, 0.05) is 86.9 Å². The van der Waals surface area contributed by atoms with Crippen molar-refractivity contribution < 1.29 is 87.4 Å². The van der Waals surface area contributed by atoms with Gasteiger partial charge in [-0.25, -0.2) is 21.7 Å². The van der Waals surface area contributed by atoms with Gasteiger partial charge in [-0.05, 0) is 101 Å². The standard InChI is InChI=1S/C69H96Cl2N18O18/c1-9-31(4)51-65(103)89-47(17-13-21-75-89)61(99)87-45(15-11-19-73-87)57(95)77-43(29-107-8)55(93)83-53(33(6)91)63(101)85-49(59(97)81-51)27-69(105)37-23-35(39(71)25-41(37)79-67(69)85)34-22-36-40(24-38(34)70)78-66-68(36,104)26-48-58(96)80-50(30(2)3)64(102)88-46(16-12-20-74-88)60(98)86-44(14-10-18-72-86)56(94)76-42(28-106-7)54(92)82-52(32(5)90)62(100)84(48)66/h22-25,30-33,42-53,66-67,72-75,78-79,90-91,104-105H,9-21,26-29H2,1-8H3,(H,76,94)(H,77,95)(H,80,96)(H,81,97)(H,82,92)(H,83,93)/t31?,32?,33?,42-,43-,44+,45+,46-,47-,48?,49-,50+,51+,52+,53+,66-,67-,68+,69+/m0/s1. The van der Waals surface area contributed by atoms with Crippen LogP contribution in [0.3, 0.4) is 0 Å². The molecule has 2 aromatic carbocycles. The van der Waals surface area contributed by atoms with Gasteiger partial charge in [0.05, 0.1) is 35.5 Å². The summed E-state index contributed by atoms with van der Waals surface area (Å²) in [5.74, 6) is -11.7. The molecule has 0 bridgehead atoms. The highest BCUT2D eigenvalue weighted by Gasteiger charge is 2.64. The summed E-state index contributed by atoms with van der Waals surface area (Å²) in [5.41, 5.74) is 7.97. The molecule has 107 heavy (non-hydrogen) atoms. The number of carbonyl (C=O) groups is 12. The summed E-state index contributed by atoms with van der Waals surface area (Å²) in [6, 6.07) is -12.1. The van der Waals surface area contributed by atoms with Gasteiger partial charge in [0.1, 0.15) is 96.0 Å². The molecule has 584 valence electrons. The Hall–Kier alpha value is -8.14. The molecule has 10 aliphatic rings. The molecule has 0 aromatic heterocycles. The van der Waals surface area contributed by atoms with Crippen LogP contribution in [0.2, 0.25) is 10.0 Å². The first-order valence-corrected chi connectivity index (χ1v) is 37.4. The maximum absolute atomic E-state index is 15.6. The zero-order valence-corrected chi connectivity index (χ0v) is 62.2. The highest BCUT2D eigenvalue weighted by molar-refractivity contribution is 6.37. The Labute approximate surface area is 626 Å². The van der Waals surface area contributed by atoms with Gasteiger partial charge in [-0.3, -0.25) is 77.6 Å². The van der Waals surface area contributed by atoms with Crippen LogP contribution >= 0.6 is 23.2 Å². The van der Waals surface area contributed by atoms with E-state index in [1.165, 1.54) is 52.3 Å². The lowest BCUT2D eigenvalue weighted by atomic mass is 9.86. The van der Waals surface area contributed by atoms with Crippen LogP contribution in [0.25, 0.3) is 11.1 Å². The molecule has 10 aliphatic heterocycles. The van der Waals surface area contributed by atoms with E-state index in [0.29, 0.717) is 45.2 Å². The molecule has 12 rings (SSSR count). The number of carbonyl (C=O) groups excluding carboxylic acids is 12. The lowest BCUT2D eigenvalue weighted by molar-refractivity contribution is -0.161. The molecule has 19 atom stereocenters. The molecule has 0 aliphatic carbocycles. The van der Waals surface area contributed by atoms with Crippen LogP contribution in [0.15, 0.2) is 24.3 Å². The predicted molar refractivity (Wildman–Crippen MR) is 379 cm³/mol. The fraction of sp³-hybridized carbons (Fsp3) is 0.652. The van der Waals surface area contributed by atoms with Crippen molar-refractivity contribution in [1.82, 2.24) is 83.4 Å². The number of fused-ring (bicyclic) bond motifs is 14. The van der Waals surface area contributed by atoms with Gasteiger partial charge in [-0.15, -0.1) is 0 Å². The molecule has 10 heterocycles. The molecule has 0 radical (unpaired) electrons. The van der Waals surface area contributed by atoms with Crippen LogP contribution < -0.4 is 64.2 Å². The fourth-order valence-electron chi connectivity index (χ4n) is 16.5. The fourth-order valence-corrected chi connectivity index (χ4v) is 17.0. The number of halogens is 2. The first-order valence-electron chi connectivity index (χ1n) is 36.6. The largest absolute Gasteiger partial charge is 0.391 e. The van der Waals surface area contributed by atoms with Crippen LogP contribution in [0.4, 0.5) is 11.4 Å². The molecule has 0 saturated carbocycles. The zero-order valence-electron chi connectivity index (χ0n) is 60.7. The molecule has 8 fully saturated rings. The Balaban J connectivity index is 0.914. The third-order valence-corrected chi connectivity index (χ3v) is 23.1. The number of anilines is 2. The summed E-state index contributed by atoms with van der Waals surface area (Å²) in [6.45, 7) is 9.40. The van der Waals surface area contributed by atoms with Crippen LogP contribution in [0.1, 0.15) is 123 Å². The van der Waals surface area contributed by atoms with Crippen LogP contribution in [-0.4, -0.2) is 272 Å². The van der Waals surface area contributed by atoms with Gasteiger partial charge in [-0.2, -0.15) is 0 Å². The predicted octanol–water partition coefficient (Wildman–Crippen LogP) is -3.58. The van der Waals surface area contributed by atoms with Crippen molar-refractivity contribution in [2.24, 2.45) is 11.8 Å². The summed E-state index contributed by atoms with van der Waals surface area (Å²) < 4.78 is 10.7. The van der Waals surface area contributed by atoms with Crippen molar-refractivity contribution in [2.75, 3.05) is 64.2 Å². The molecule has 36 nitrogen and oxygen atoms in total. The van der Waals surface area contributed by atoms with Gasteiger partial charge in [0.15, 0.2) is 0 Å². The SMILES string of the molecule is CCC(C)[C@H]1NC(=O)[C@@H]2C[C@@]3(O)c4cc(-c5cc6c(cc5Cl)N[C@H]5N7C(=O)[C@@H](C(C)O)NC(=O)[C@H](COC)NC(=O)[C@H]8CCCNN8C(=O)[C@@H]8CCCNN8C(=O)[C@@H](C(C)C)NC(=O)C7C[C@@]65O)c(Cl)cc4N[C@H]3N2C(=O)[C@@H](C(C)O)NC(=O)[C@H](COC)NC(=O)[C@H]2CCCNN2C(=O)[C@@H]2CCCNN2C1=O. The van der Waals surface area contributed by atoms with Crippen molar-refractivity contribution >= 4 is 105 Å². The van der Waals surface area contributed by atoms with Crippen LogP contribution in [0.5, 0.6) is 0 Å². The number of methoxy groups -OCH3 is 2. The monoisotopic (exact) mass is 1530 g/mol. The van der Waals surface area contributed by atoms with E-state index in [4.69, 9.17) is 32.7 Å². The molecule has 8 saturated heterocycles. The maximum Gasteiger partial charge on any atom is 0.261 e. The molecule has 38 heteroatoms. The van der Waals surface area contributed by atoms with E-state index < -0.39 is 217 Å². The lowest BCUT2D eigenvalue weighted by Gasteiger charge is -2.43. The van der Waals surface area contributed by atoms with Gasteiger partial charge >= 0.3 is 0 Å². The van der Waals surface area contributed by atoms with Crippen LogP contribution in [-0.2, 0) is 78.2 Å². The number of aliphatic hydroxyl groups excluding tert-OH is 2. The number of hydrogen-bond donors (Lipinski definition) is 16. The zero-order chi connectivity index (χ0) is 77.2. The number of nitrogens with zero attached hydrogens (tertiary/aromatic N) is 6. The summed E-state index contributed by atoms with van der Waals surface area (Å²) in [7, 11) is 2.53. The second-order valence-corrected chi connectivity index (χ2v) is 30.6. The Kier molecular flexibility index (Phi) is 23.1. The number of aliphatic hydroxyl groups is 4. The minimum Gasteiger partial charge on any atom is -0.391 e. The summed E-state index contributed by atoms with van der Waals surface area (Å²) in [4.78, 5) is 181. The van der Waals surface area contributed by atoms with Crippen molar-refractivity contribution in [3.8, 4) is 11.1 Å². The third-order valence-electron chi connectivity index (χ3n) is 22.4. The summed E-state index contributed by atoms with van der Waals surface area (Å²) in [5, 5.41) is 77.0. The van der Waals surface area contributed by atoms with E-state index in [1.807, 2.05) is 0 Å². The van der Waals surface area contributed by atoms with E-state index >= 15 is 28.8 Å². The van der Waals surface area contributed by atoms with Crippen molar-refractivity contribution in [2.45, 2.75) is 220 Å². The Morgan fingerprint density at radius 2 is 0.776 bits per heavy atom. The number of hydrogen-bond acceptors (Lipinski definition) is 24. The first kappa shape index (κ1) is 78.4. The van der Waals surface area contributed by atoms with Gasteiger partial charge in [0.2, 0.25) is 47.3 Å². The number of amides is 12. The highest BCUT2D eigenvalue weighted by atomic mass is 35.5. The van der Waals surface area contributed by atoms with E-state index in [-0.39, 0.29) is 82.4 Å². The minimum absolute atomic E-state index is 0.0310. The van der Waals surface area contributed by atoms with Gasteiger partial charge < -0.3 is 82.2 Å². The first-order chi connectivity index (χ1) is 50.9. The average molecular weight is 1540 g/mol. The number of nitrogens with one attached hydrogen (secondary N) is 12. The van der Waals surface area contributed by atoms with Crippen molar-refractivity contribution in [1.29, 1.82) is 0 Å². The topological polar surface area (TPSA) is 468 Å². The maximum atomic E-state index is 15.6. The number of ether oxygens (including phenoxy) is 2.